The van der Waals surface area contributed by atoms with Gasteiger partial charge in [-0.25, -0.2) is 9.59 Å². The minimum Gasteiger partial charge on any atom is -0.455 e. The molecule has 6 atom stereocenters. The summed E-state index contributed by atoms with van der Waals surface area (Å²) in [4.78, 5) is 38.5. The van der Waals surface area contributed by atoms with Gasteiger partial charge >= 0.3 is 11.9 Å². The predicted molar refractivity (Wildman–Crippen MR) is 114 cm³/mol. The molecule has 4 aliphatic rings. The van der Waals surface area contributed by atoms with Crippen LogP contribution in [0, 0.1) is 28.6 Å². The quantitative estimate of drug-likeness (QED) is 0.498. The summed E-state index contributed by atoms with van der Waals surface area (Å²) in [5.74, 6) is -0.718. The maximum atomic E-state index is 13.1. The molecule has 0 N–H and O–H groups in total. The summed E-state index contributed by atoms with van der Waals surface area (Å²) in [6, 6.07) is 0. The highest BCUT2D eigenvalue weighted by molar-refractivity contribution is 5.97. The summed E-state index contributed by atoms with van der Waals surface area (Å²) in [7, 11) is 0. The van der Waals surface area contributed by atoms with Gasteiger partial charge in [0.05, 0.1) is 0 Å². The molecule has 3 fully saturated rings. The fraction of sp³-hybridized carbons (Fsp3) is 0.640. The third-order valence-corrected chi connectivity index (χ3v) is 7.81. The van der Waals surface area contributed by atoms with Crippen LogP contribution in [0.3, 0.4) is 0 Å². The van der Waals surface area contributed by atoms with Gasteiger partial charge in [0.2, 0.25) is 0 Å². The number of carbonyl (C=O) groups excluding carboxylic acids is 3. The van der Waals surface area contributed by atoms with Crippen LogP contribution in [-0.2, 0) is 23.9 Å². The molecule has 5 nitrogen and oxygen atoms in total. The van der Waals surface area contributed by atoms with E-state index >= 15 is 0 Å². The number of hydrogen-bond donors (Lipinski definition) is 0. The Morgan fingerprint density at radius 2 is 1.53 bits per heavy atom. The minimum atomic E-state index is -0.686. The number of allylic oxidation sites excluding steroid dienone is 4. The SMILES string of the molecule is C/C=C(\C)C(=O)OC1CC(C)(C)C2C3C(=O)C=C(C)C2C3(C)C1OC(=O)/C(C)=C/C. The maximum absolute atomic E-state index is 13.1. The van der Waals surface area contributed by atoms with Crippen molar-refractivity contribution in [3.05, 3.63) is 34.9 Å². The molecule has 0 aromatic heterocycles. The second-order valence-corrected chi connectivity index (χ2v) is 10.0. The van der Waals surface area contributed by atoms with E-state index in [1.807, 2.05) is 13.8 Å². The average molecular weight is 415 g/mol. The van der Waals surface area contributed by atoms with E-state index in [4.69, 9.17) is 9.47 Å². The highest BCUT2D eigenvalue weighted by Crippen LogP contribution is 2.72. The van der Waals surface area contributed by atoms with Gasteiger partial charge in [-0.15, -0.1) is 0 Å². The van der Waals surface area contributed by atoms with Crippen LogP contribution in [-0.4, -0.2) is 29.9 Å². The van der Waals surface area contributed by atoms with E-state index < -0.39 is 29.6 Å². The molecule has 5 heteroatoms. The Morgan fingerprint density at radius 1 is 1.00 bits per heavy atom. The Labute approximate surface area is 179 Å². The Bertz CT molecular complexity index is 874. The Kier molecular flexibility index (Phi) is 5.63. The van der Waals surface area contributed by atoms with Crippen molar-refractivity contribution in [2.45, 2.75) is 74.0 Å². The fourth-order valence-corrected chi connectivity index (χ4v) is 6.10. The molecular formula is C25H34O5. The second-order valence-electron chi connectivity index (χ2n) is 10.0. The fourth-order valence-electron chi connectivity index (χ4n) is 6.10. The van der Waals surface area contributed by atoms with E-state index in [0.717, 1.165) is 5.57 Å². The van der Waals surface area contributed by atoms with Crippen molar-refractivity contribution in [2.24, 2.45) is 28.6 Å². The molecule has 4 aliphatic carbocycles. The van der Waals surface area contributed by atoms with Crippen LogP contribution >= 0.6 is 0 Å². The highest BCUT2D eigenvalue weighted by atomic mass is 16.6. The zero-order valence-electron chi connectivity index (χ0n) is 19.4. The Hall–Kier alpha value is -2.17. The van der Waals surface area contributed by atoms with Gasteiger partial charge < -0.3 is 9.47 Å². The molecule has 0 aromatic carbocycles. The number of fused-ring (bicyclic) bond motifs is 3. The molecular weight excluding hydrogens is 380 g/mol. The highest BCUT2D eigenvalue weighted by Gasteiger charge is 2.74. The number of ether oxygens (including phenoxy) is 2. The van der Waals surface area contributed by atoms with E-state index in [9.17, 15) is 14.4 Å². The number of hydrogen-bond acceptors (Lipinski definition) is 5. The lowest BCUT2D eigenvalue weighted by molar-refractivity contribution is -0.212. The lowest BCUT2D eigenvalue weighted by Crippen LogP contribution is -2.68. The Balaban J connectivity index is 2.10. The van der Waals surface area contributed by atoms with E-state index in [2.05, 4.69) is 13.8 Å². The third-order valence-electron chi connectivity index (χ3n) is 7.81. The number of rotatable bonds is 4. The van der Waals surface area contributed by atoms with Gasteiger partial charge in [-0.3, -0.25) is 4.79 Å². The molecule has 0 spiro atoms. The van der Waals surface area contributed by atoms with Crippen molar-refractivity contribution in [2.75, 3.05) is 0 Å². The lowest BCUT2D eigenvalue weighted by Gasteiger charge is -2.65. The first-order valence-electron chi connectivity index (χ1n) is 10.8. The molecule has 0 aliphatic heterocycles. The summed E-state index contributed by atoms with van der Waals surface area (Å²) in [6.07, 6.45) is 4.40. The monoisotopic (exact) mass is 414 g/mol. The van der Waals surface area contributed by atoms with Crippen LogP contribution in [0.4, 0.5) is 0 Å². The molecule has 3 saturated carbocycles. The van der Waals surface area contributed by atoms with Crippen molar-refractivity contribution in [1.82, 2.24) is 0 Å². The molecule has 0 heterocycles. The first-order valence-corrected chi connectivity index (χ1v) is 10.8. The molecule has 0 radical (unpaired) electrons. The molecule has 0 saturated heterocycles. The second kappa shape index (κ2) is 7.51. The first kappa shape index (κ1) is 22.5. The van der Waals surface area contributed by atoms with E-state index in [1.54, 1.807) is 45.9 Å². The molecule has 30 heavy (non-hydrogen) atoms. The van der Waals surface area contributed by atoms with E-state index in [1.165, 1.54) is 0 Å². The van der Waals surface area contributed by atoms with Crippen LogP contribution in [0.1, 0.15) is 61.8 Å². The molecule has 164 valence electrons. The van der Waals surface area contributed by atoms with Crippen LogP contribution in [0.25, 0.3) is 0 Å². The summed E-state index contributed by atoms with van der Waals surface area (Å²) >= 11 is 0. The molecule has 0 aromatic rings. The van der Waals surface area contributed by atoms with Gasteiger partial charge in [0.1, 0.15) is 12.2 Å². The largest absolute Gasteiger partial charge is 0.455 e. The van der Waals surface area contributed by atoms with Crippen molar-refractivity contribution in [3.63, 3.8) is 0 Å². The molecule has 0 amide bonds. The molecule has 6 unspecified atom stereocenters. The van der Waals surface area contributed by atoms with Gasteiger partial charge in [0.25, 0.3) is 0 Å². The predicted octanol–water partition coefficient (Wildman–Crippen LogP) is 4.57. The lowest BCUT2D eigenvalue weighted by atomic mass is 9.37. The topological polar surface area (TPSA) is 69.7 Å². The van der Waals surface area contributed by atoms with Crippen molar-refractivity contribution >= 4 is 17.7 Å². The third kappa shape index (κ3) is 3.17. The standard InChI is InChI=1S/C25H34O5/c1-9-13(3)22(27)29-17-12-24(6,7)20-18-15(5)11-16(26)19(20)25(18,8)21(17)30-23(28)14(4)10-2/h9-11,17-21H,12H2,1-8H3/b13-9+,14-10+. The maximum Gasteiger partial charge on any atom is 0.333 e. The zero-order chi connectivity index (χ0) is 22.6. The minimum absolute atomic E-state index is 0.0935. The Morgan fingerprint density at radius 3 is 2.03 bits per heavy atom. The average Bonchev–Trinajstić information content (AvgIpc) is 2.78. The summed E-state index contributed by atoms with van der Waals surface area (Å²) in [5, 5.41) is 0. The van der Waals surface area contributed by atoms with Crippen molar-refractivity contribution < 1.29 is 23.9 Å². The summed E-state index contributed by atoms with van der Waals surface area (Å²) < 4.78 is 12.0. The first-order chi connectivity index (χ1) is 13.9. The number of carbonyl (C=O) groups is 3. The van der Waals surface area contributed by atoms with E-state index in [-0.39, 0.29) is 29.0 Å². The smallest absolute Gasteiger partial charge is 0.333 e. The van der Waals surface area contributed by atoms with Gasteiger partial charge in [-0.2, -0.15) is 0 Å². The van der Waals surface area contributed by atoms with Crippen LogP contribution in [0.5, 0.6) is 0 Å². The van der Waals surface area contributed by atoms with Crippen LogP contribution < -0.4 is 0 Å². The molecule has 4 bridgehead atoms. The zero-order valence-corrected chi connectivity index (χ0v) is 19.4. The number of ketones is 1. The van der Waals surface area contributed by atoms with Crippen molar-refractivity contribution in [1.29, 1.82) is 0 Å². The van der Waals surface area contributed by atoms with Crippen LogP contribution in [0.2, 0.25) is 0 Å². The summed E-state index contributed by atoms with van der Waals surface area (Å²) in [5.41, 5.74) is 1.20. The number of esters is 2. The van der Waals surface area contributed by atoms with Gasteiger partial charge in [0.15, 0.2) is 5.78 Å². The molecule has 4 rings (SSSR count). The summed E-state index contributed by atoms with van der Waals surface area (Å²) in [6.45, 7) is 15.3. The van der Waals surface area contributed by atoms with Crippen molar-refractivity contribution in [3.8, 4) is 0 Å². The van der Waals surface area contributed by atoms with E-state index in [0.29, 0.717) is 17.6 Å². The van der Waals surface area contributed by atoms with Gasteiger partial charge in [-0.05, 0) is 64.4 Å². The van der Waals surface area contributed by atoms with Gasteiger partial charge in [-0.1, -0.05) is 38.5 Å². The van der Waals surface area contributed by atoms with Gasteiger partial charge in [0, 0.05) is 22.5 Å². The normalized spacial score (nSPS) is 37.5. The van der Waals surface area contributed by atoms with Crippen LogP contribution in [0.15, 0.2) is 34.9 Å².